The second-order valence-corrected chi connectivity index (χ2v) is 6.79. The molecule has 0 N–H and O–H groups in total. The van der Waals surface area contributed by atoms with Crippen LogP contribution in [0.5, 0.6) is 0 Å². The predicted octanol–water partition coefficient (Wildman–Crippen LogP) is 3.83. The zero-order chi connectivity index (χ0) is 13.9. The molecule has 0 aliphatic rings. The molecule has 0 heterocycles. The van der Waals surface area contributed by atoms with Crippen LogP contribution in [0, 0.1) is 5.82 Å². The van der Waals surface area contributed by atoms with Crippen LogP contribution in [-0.2, 0) is 15.3 Å². The summed E-state index contributed by atoms with van der Waals surface area (Å²) in [6, 6.07) is 7.77. The highest BCUT2D eigenvalue weighted by atomic mass is 28.3. The van der Waals surface area contributed by atoms with Gasteiger partial charge in [0.15, 0.2) is 0 Å². The third kappa shape index (κ3) is 7.45. The maximum Gasteiger partial charge on any atom is 0.321 e. The molecule has 0 aliphatic heterocycles. The second-order valence-electron chi connectivity index (χ2n) is 4.69. The van der Waals surface area contributed by atoms with Crippen LogP contribution >= 0.6 is 0 Å². The summed E-state index contributed by atoms with van der Waals surface area (Å²) in [4.78, 5) is 0. The molecular weight excluding hydrogens is 259 g/mol. The Bertz CT molecular complexity index is 321. The van der Waals surface area contributed by atoms with E-state index in [1.807, 2.05) is 12.1 Å². The van der Waals surface area contributed by atoms with Crippen molar-refractivity contribution in [2.45, 2.75) is 45.6 Å². The molecule has 0 aromatic heterocycles. The highest BCUT2D eigenvalue weighted by molar-refractivity contribution is 6.44. The van der Waals surface area contributed by atoms with Crippen molar-refractivity contribution in [2.75, 3.05) is 13.2 Å². The molecule has 1 rings (SSSR count). The zero-order valence-corrected chi connectivity index (χ0v) is 13.2. The third-order valence-corrected chi connectivity index (χ3v) is 4.93. The molecule has 0 amide bonds. The van der Waals surface area contributed by atoms with Crippen molar-refractivity contribution in [1.29, 1.82) is 0 Å². The van der Waals surface area contributed by atoms with Crippen LogP contribution in [0.15, 0.2) is 24.3 Å². The van der Waals surface area contributed by atoms with E-state index in [0.717, 1.165) is 44.9 Å². The lowest BCUT2D eigenvalue weighted by molar-refractivity contribution is 0.196. The van der Waals surface area contributed by atoms with Crippen molar-refractivity contribution in [2.24, 2.45) is 0 Å². The first-order valence-electron chi connectivity index (χ1n) is 7.24. The Hall–Kier alpha value is -0.713. The van der Waals surface area contributed by atoms with Gasteiger partial charge in [-0.05, 0) is 49.4 Å². The maximum absolute atomic E-state index is 12.8. The van der Waals surface area contributed by atoms with E-state index in [1.165, 1.54) is 17.7 Å². The molecule has 19 heavy (non-hydrogen) atoms. The van der Waals surface area contributed by atoms with E-state index < -0.39 is 9.28 Å². The van der Waals surface area contributed by atoms with Crippen molar-refractivity contribution in [3.05, 3.63) is 35.6 Å². The van der Waals surface area contributed by atoms with Gasteiger partial charge in [-0.3, -0.25) is 0 Å². The topological polar surface area (TPSA) is 18.5 Å². The van der Waals surface area contributed by atoms with Crippen molar-refractivity contribution < 1.29 is 13.2 Å². The molecule has 108 valence electrons. The molecule has 0 saturated heterocycles. The standard InChI is InChI=1S/C15H25FO2Si/c1-3-11-17-19(18-12-4-2)13-5-6-14-7-9-15(16)10-8-14/h7-10,19H,3-6,11-13H2,1-2H3. The van der Waals surface area contributed by atoms with Gasteiger partial charge < -0.3 is 8.85 Å². The summed E-state index contributed by atoms with van der Waals surface area (Å²) < 4.78 is 24.4. The Morgan fingerprint density at radius 3 is 2.11 bits per heavy atom. The van der Waals surface area contributed by atoms with Gasteiger partial charge in [0.1, 0.15) is 5.82 Å². The monoisotopic (exact) mass is 284 g/mol. The fraction of sp³-hybridized carbons (Fsp3) is 0.600. The van der Waals surface area contributed by atoms with Crippen LogP contribution in [-0.4, -0.2) is 22.5 Å². The Labute approximate surface area is 117 Å². The SMILES string of the molecule is CCCO[SiH](CCCc1ccc(F)cc1)OCCC. The maximum atomic E-state index is 12.8. The van der Waals surface area contributed by atoms with Crippen LogP contribution in [0.3, 0.4) is 0 Å². The summed E-state index contributed by atoms with van der Waals surface area (Å²) in [6.45, 7) is 5.84. The molecule has 0 unspecified atom stereocenters. The van der Waals surface area contributed by atoms with Gasteiger partial charge >= 0.3 is 9.28 Å². The number of rotatable bonds is 10. The van der Waals surface area contributed by atoms with Gasteiger partial charge in [0.25, 0.3) is 0 Å². The Balaban J connectivity index is 2.27. The molecule has 0 spiro atoms. The van der Waals surface area contributed by atoms with Gasteiger partial charge in [-0.1, -0.05) is 26.0 Å². The van der Waals surface area contributed by atoms with E-state index in [1.54, 1.807) is 0 Å². The van der Waals surface area contributed by atoms with E-state index in [2.05, 4.69) is 13.8 Å². The molecule has 4 heteroatoms. The molecule has 1 aromatic carbocycles. The first-order valence-corrected chi connectivity index (χ1v) is 8.99. The summed E-state index contributed by atoms with van der Waals surface area (Å²) in [6.07, 6.45) is 4.10. The van der Waals surface area contributed by atoms with Gasteiger partial charge in [0.2, 0.25) is 0 Å². The first-order chi connectivity index (χ1) is 9.26. The molecule has 0 bridgehead atoms. The van der Waals surface area contributed by atoms with E-state index in [-0.39, 0.29) is 5.82 Å². The minimum atomic E-state index is -1.49. The average Bonchev–Trinajstić information content (AvgIpc) is 2.43. The summed E-state index contributed by atoms with van der Waals surface area (Å²) >= 11 is 0. The van der Waals surface area contributed by atoms with Crippen LogP contribution in [0.4, 0.5) is 4.39 Å². The summed E-state index contributed by atoms with van der Waals surface area (Å²) in [5.74, 6) is -0.173. The Morgan fingerprint density at radius 2 is 1.58 bits per heavy atom. The van der Waals surface area contributed by atoms with Crippen LogP contribution in [0.25, 0.3) is 0 Å². The molecule has 0 saturated carbocycles. The fourth-order valence-corrected chi connectivity index (χ4v) is 3.80. The summed E-state index contributed by atoms with van der Waals surface area (Å²) in [5.41, 5.74) is 1.18. The van der Waals surface area contributed by atoms with Gasteiger partial charge in [-0.15, -0.1) is 0 Å². The van der Waals surface area contributed by atoms with Gasteiger partial charge in [0, 0.05) is 13.2 Å². The van der Waals surface area contributed by atoms with E-state index in [0.29, 0.717) is 0 Å². The quantitative estimate of drug-likeness (QED) is 0.608. The lowest BCUT2D eigenvalue weighted by Crippen LogP contribution is -2.24. The molecule has 1 aromatic rings. The highest BCUT2D eigenvalue weighted by Crippen LogP contribution is 2.10. The number of benzene rings is 1. The Kier molecular flexibility index (Phi) is 8.70. The minimum absolute atomic E-state index is 0.173. The lowest BCUT2D eigenvalue weighted by atomic mass is 10.1. The third-order valence-electron chi connectivity index (χ3n) is 2.83. The van der Waals surface area contributed by atoms with Crippen LogP contribution < -0.4 is 0 Å². The normalized spacial score (nSPS) is 11.2. The zero-order valence-electron chi connectivity index (χ0n) is 12.0. The van der Waals surface area contributed by atoms with Crippen molar-refractivity contribution in [1.82, 2.24) is 0 Å². The van der Waals surface area contributed by atoms with Gasteiger partial charge in [-0.2, -0.15) is 0 Å². The summed E-state index contributed by atoms with van der Waals surface area (Å²) in [7, 11) is -1.49. The number of hydrogen-bond donors (Lipinski definition) is 0. The van der Waals surface area contributed by atoms with Crippen LogP contribution in [0.2, 0.25) is 6.04 Å². The van der Waals surface area contributed by atoms with Crippen LogP contribution in [0.1, 0.15) is 38.7 Å². The molecule has 2 nitrogen and oxygen atoms in total. The van der Waals surface area contributed by atoms with E-state index >= 15 is 0 Å². The largest absolute Gasteiger partial charge is 0.397 e. The Morgan fingerprint density at radius 1 is 1.00 bits per heavy atom. The lowest BCUT2D eigenvalue weighted by Gasteiger charge is -2.16. The van der Waals surface area contributed by atoms with Gasteiger partial charge in [-0.25, -0.2) is 4.39 Å². The van der Waals surface area contributed by atoms with Crippen molar-refractivity contribution >= 4 is 9.28 Å². The van der Waals surface area contributed by atoms with Crippen molar-refractivity contribution in [3.8, 4) is 0 Å². The second kappa shape index (κ2) is 10.1. The number of hydrogen-bond acceptors (Lipinski definition) is 2. The summed E-state index contributed by atoms with van der Waals surface area (Å²) in [5, 5.41) is 0. The molecular formula is C15H25FO2Si. The molecule has 0 aliphatic carbocycles. The van der Waals surface area contributed by atoms with E-state index in [4.69, 9.17) is 8.85 Å². The average molecular weight is 284 g/mol. The predicted molar refractivity (Wildman–Crippen MR) is 79.2 cm³/mol. The number of halogens is 1. The molecule has 0 fully saturated rings. The molecule has 0 radical (unpaired) electrons. The number of aryl methyl sites for hydroxylation is 1. The van der Waals surface area contributed by atoms with Gasteiger partial charge in [0.05, 0.1) is 0 Å². The highest BCUT2D eigenvalue weighted by Gasteiger charge is 2.12. The minimum Gasteiger partial charge on any atom is -0.397 e. The van der Waals surface area contributed by atoms with E-state index in [9.17, 15) is 4.39 Å². The molecule has 0 atom stereocenters. The fourth-order valence-electron chi connectivity index (χ4n) is 1.84. The van der Waals surface area contributed by atoms with Crippen molar-refractivity contribution in [3.63, 3.8) is 0 Å². The smallest absolute Gasteiger partial charge is 0.321 e. The first kappa shape index (κ1) is 16.3.